The van der Waals surface area contributed by atoms with Crippen molar-refractivity contribution in [2.45, 2.75) is 32.1 Å². The Kier molecular flexibility index (Phi) is 6.75. The number of aliphatic hydroxyl groups excluding tert-OH is 1. The van der Waals surface area contributed by atoms with Gasteiger partial charge in [-0.2, -0.15) is 13.2 Å². The van der Waals surface area contributed by atoms with Gasteiger partial charge in [0.15, 0.2) is 0 Å². The second-order valence-electron chi connectivity index (χ2n) is 7.66. The molecule has 0 aliphatic carbocycles. The summed E-state index contributed by atoms with van der Waals surface area (Å²) in [7, 11) is 0. The number of amides is 2. The number of rotatable bonds is 6. The third kappa shape index (κ3) is 5.51. The van der Waals surface area contributed by atoms with Crippen molar-refractivity contribution in [1.29, 1.82) is 0 Å². The van der Waals surface area contributed by atoms with Crippen molar-refractivity contribution in [1.82, 2.24) is 10.2 Å². The van der Waals surface area contributed by atoms with Gasteiger partial charge in [0.2, 0.25) is 0 Å². The zero-order chi connectivity index (χ0) is 24.3. The first-order valence-electron chi connectivity index (χ1n) is 9.97. The van der Waals surface area contributed by atoms with Crippen molar-refractivity contribution in [2.75, 3.05) is 6.54 Å². The molecular weight excluding hydrogens is 441 g/mol. The molecular formula is C23H21F3N2O5. The normalized spacial score (nSPS) is 16.7. The van der Waals surface area contributed by atoms with Gasteiger partial charge in [0.25, 0.3) is 11.8 Å². The Morgan fingerprint density at radius 1 is 1.06 bits per heavy atom. The van der Waals surface area contributed by atoms with E-state index in [0.717, 1.165) is 12.1 Å². The zero-order valence-corrected chi connectivity index (χ0v) is 17.5. The molecule has 2 aromatic carbocycles. The Bertz CT molecular complexity index is 1090. The molecule has 0 aromatic heterocycles. The Morgan fingerprint density at radius 2 is 1.61 bits per heavy atom. The van der Waals surface area contributed by atoms with Crippen LogP contribution >= 0.6 is 0 Å². The van der Waals surface area contributed by atoms with Crippen LogP contribution in [0.25, 0.3) is 11.1 Å². The molecule has 0 bridgehead atoms. The van der Waals surface area contributed by atoms with Crippen LogP contribution in [-0.4, -0.2) is 45.5 Å². The lowest BCUT2D eigenvalue weighted by molar-refractivity contribution is -0.139. The lowest BCUT2D eigenvalue weighted by atomic mass is 9.98. The van der Waals surface area contributed by atoms with Gasteiger partial charge >= 0.3 is 12.1 Å². The number of carboxylic acids is 1. The molecule has 7 nitrogen and oxygen atoms in total. The summed E-state index contributed by atoms with van der Waals surface area (Å²) in [6, 6.07) is 11.2. The second-order valence-corrected chi connectivity index (χ2v) is 7.66. The number of benzene rings is 2. The van der Waals surface area contributed by atoms with E-state index in [4.69, 9.17) is 5.11 Å². The first-order chi connectivity index (χ1) is 15.5. The molecule has 1 unspecified atom stereocenters. The van der Waals surface area contributed by atoms with Crippen LogP contribution in [0.4, 0.5) is 13.2 Å². The molecule has 2 aromatic rings. The highest BCUT2D eigenvalue weighted by atomic mass is 19.4. The monoisotopic (exact) mass is 462 g/mol. The third-order valence-electron chi connectivity index (χ3n) is 5.26. The predicted molar refractivity (Wildman–Crippen MR) is 112 cm³/mol. The summed E-state index contributed by atoms with van der Waals surface area (Å²) in [5.74, 6) is -3.37. The number of alkyl halides is 3. The highest BCUT2D eigenvalue weighted by Crippen LogP contribution is 2.31. The van der Waals surface area contributed by atoms with Gasteiger partial charge in [0.1, 0.15) is 17.9 Å². The van der Waals surface area contributed by atoms with Crippen molar-refractivity contribution in [3.63, 3.8) is 0 Å². The number of carbonyl (C=O) groups is 3. The molecule has 3 rings (SSSR count). The largest absolute Gasteiger partial charge is 0.511 e. The molecule has 1 heterocycles. The van der Waals surface area contributed by atoms with E-state index in [9.17, 15) is 32.7 Å². The minimum Gasteiger partial charge on any atom is -0.511 e. The van der Waals surface area contributed by atoms with Gasteiger partial charge in [0, 0.05) is 19.0 Å². The average Bonchev–Trinajstić information content (AvgIpc) is 2.75. The molecule has 0 saturated carbocycles. The van der Waals surface area contributed by atoms with Crippen molar-refractivity contribution < 1.29 is 37.8 Å². The van der Waals surface area contributed by atoms with E-state index in [1.54, 1.807) is 31.2 Å². The highest BCUT2D eigenvalue weighted by Gasteiger charge is 2.36. The number of carbonyl (C=O) groups excluding carboxylic acids is 2. The fraction of sp³-hybridized carbons (Fsp3) is 0.261. The van der Waals surface area contributed by atoms with Crippen LogP contribution in [0.1, 0.15) is 24.5 Å². The number of halogens is 3. The maximum atomic E-state index is 12.8. The topological polar surface area (TPSA) is 107 Å². The lowest BCUT2D eigenvalue weighted by Crippen LogP contribution is -2.47. The maximum absolute atomic E-state index is 12.8. The second kappa shape index (κ2) is 9.35. The van der Waals surface area contributed by atoms with Crippen molar-refractivity contribution in [3.05, 3.63) is 71.0 Å². The number of hydrogen-bond donors (Lipinski definition) is 3. The first kappa shape index (κ1) is 23.8. The molecule has 0 radical (unpaired) electrons. The molecule has 1 atom stereocenters. The van der Waals surface area contributed by atoms with E-state index in [1.165, 1.54) is 17.0 Å². The van der Waals surface area contributed by atoms with Crippen LogP contribution in [0.2, 0.25) is 0 Å². The number of hydrogen-bond acceptors (Lipinski definition) is 4. The maximum Gasteiger partial charge on any atom is 0.416 e. The van der Waals surface area contributed by atoms with Gasteiger partial charge in [-0.25, -0.2) is 0 Å². The van der Waals surface area contributed by atoms with Gasteiger partial charge in [-0.15, -0.1) is 0 Å². The summed E-state index contributed by atoms with van der Waals surface area (Å²) in [5, 5.41) is 20.9. The highest BCUT2D eigenvalue weighted by molar-refractivity contribution is 6.19. The SMILES string of the molecule is CC1CC(O)=C(C(=O)NCC(=O)O)C(=O)N1Cc1ccc(-c2ccc(C(F)(F)F)cc2)cc1. The molecule has 10 heteroatoms. The number of nitrogens with zero attached hydrogens (tertiary/aromatic N) is 1. The van der Waals surface area contributed by atoms with Gasteiger partial charge in [-0.3, -0.25) is 14.4 Å². The molecule has 174 valence electrons. The zero-order valence-electron chi connectivity index (χ0n) is 17.5. The van der Waals surface area contributed by atoms with Crippen molar-refractivity contribution in [2.24, 2.45) is 0 Å². The molecule has 1 aliphatic rings. The van der Waals surface area contributed by atoms with E-state index in [2.05, 4.69) is 5.32 Å². The summed E-state index contributed by atoms with van der Waals surface area (Å²) < 4.78 is 38.2. The quantitative estimate of drug-likeness (QED) is 0.570. The average molecular weight is 462 g/mol. The molecule has 0 spiro atoms. The molecule has 33 heavy (non-hydrogen) atoms. The van der Waals surface area contributed by atoms with E-state index >= 15 is 0 Å². The van der Waals surface area contributed by atoms with E-state index < -0.39 is 53.4 Å². The van der Waals surface area contributed by atoms with Crippen LogP contribution in [0.15, 0.2) is 59.9 Å². The molecule has 0 saturated heterocycles. The van der Waals surface area contributed by atoms with Crippen LogP contribution in [-0.2, 0) is 27.1 Å². The van der Waals surface area contributed by atoms with Gasteiger partial charge in [-0.05, 0) is 35.7 Å². The third-order valence-corrected chi connectivity index (χ3v) is 5.26. The van der Waals surface area contributed by atoms with Crippen LogP contribution in [0.3, 0.4) is 0 Å². The number of aliphatic carboxylic acids is 1. The van der Waals surface area contributed by atoms with Crippen LogP contribution in [0.5, 0.6) is 0 Å². The molecule has 3 N–H and O–H groups in total. The Hall–Kier alpha value is -3.82. The van der Waals surface area contributed by atoms with Gasteiger partial charge in [-0.1, -0.05) is 36.4 Å². The Morgan fingerprint density at radius 3 is 2.12 bits per heavy atom. The van der Waals surface area contributed by atoms with Crippen LogP contribution < -0.4 is 5.32 Å². The summed E-state index contributed by atoms with van der Waals surface area (Å²) in [6.07, 6.45) is -4.38. The standard InChI is InChI=1S/C23H21F3N2O5/c1-13-10-18(29)20(21(32)27-11-19(30)31)22(33)28(13)12-14-2-4-15(5-3-14)16-6-8-17(9-7-16)23(24,25)26/h2-9,13,29H,10-12H2,1H3,(H,27,32)(H,30,31). The Balaban J connectivity index is 1.74. The minimum absolute atomic E-state index is 0.0329. The minimum atomic E-state index is -4.41. The van der Waals surface area contributed by atoms with Gasteiger partial charge in [0.05, 0.1) is 5.56 Å². The predicted octanol–water partition coefficient (Wildman–Crippen LogP) is 3.51. The van der Waals surface area contributed by atoms with Gasteiger partial charge < -0.3 is 20.4 Å². The number of carboxylic acid groups (broad SMARTS) is 1. The summed E-state index contributed by atoms with van der Waals surface area (Å²) in [4.78, 5) is 37.1. The first-order valence-corrected chi connectivity index (χ1v) is 9.97. The fourth-order valence-electron chi connectivity index (χ4n) is 3.51. The summed E-state index contributed by atoms with van der Waals surface area (Å²) in [6.45, 7) is 1.14. The summed E-state index contributed by atoms with van der Waals surface area (Å²) >= 11 is 0. The Labute approximate surface area is 187 Å². The molecule has 2 amide bonds. The summed E-state index contributed by atoms with van der Waals surface area (Å²) in [5.41, 5.74) is 0.771. The molecule has 0 fully saturated rings. The lowest BCUT2D eigenvalue weighted by Gasteiger charge is -2.34. The number of nitrogens with one attached hydrogen (secondary N) is 1. The molecule has 1 aliphatic heterocycles. The number of aliphatic hydroxyl groups is 1. The van der Waals surface area contributed by atoms with E-state index in [-0.39, 0.29) is 13.0 Å². The smallest absolute Gasteiger partial charge is 0.416 e. The van der Waals surface area contributed by atoms with E-state index in [1.807, 2.05) is 0 Å². The van der Waals surface area contributed by atoms with Crippen molar-refractivity contribution >= 4 is 17.8 Å². The van der Waals surface area contributed by atoms with Crippen LogP contribution in [0, 0.1) is 0 Å². The van der Waals surface area contributed by atoms with Crippen molar-refractivity contribution in [3.8, 4) is 11.1 Å². The van der Waals surface area contributed by atoms with E-state index in [0.29, 0.717) is 16.7 Å². The fourth-order valence-corrected chi connectivity index (χ4v) is 3.51.